The minimum Gasteiger partial charge on any atom is -0.203 e. The quantitative estimate of drug-likeness (QED) is 0.116. The predicted molar refractivity (Wildman–Crippen MR) is 157 cm³/mol. The number of nitriles is 3. The van der Waals surface area contributed by atoms with Crippen LogP contribution in [0.4, 0.5) is 110 Å². The van der Waals surface area contributed by atoms with E-state index in [-0.39, 0.29) is 0 Å². The highest BCUT2D eigenvalue weighted by Gasteiger charge is 2.50. The summed E-state index contributed by atoms with van der Waals surface area (Å²) in [5.74, 6) is -54.3. The second-order valence-corrected chi connectivity index (χ2v) is 12.1. The van der Waals surface area contributed by atoms with Crippen LogP contribution in [-0.4, -0.2) is 0 Å². The zero-order valence-corrected chi connectivity index (χ0v) is 28.8. The molecule has 0 spiro atoms. The molecule has 0 heterocycles. The lowest BCUT2D eigenvalue weighted by Crippen LogP contribution is -2.17. The van der Waals surface area contributed by atoms with Gasteiger partial charge in [-0.15, -0.1) is 0 Å². The summed E-state index contributed by atoms with van der Waals surface area (Å²) in [4.78, 5) is 0. The number of rotatable bonds is 4. The molecule has 1 saturated carbocycles. The van der Waals surface area contributed by atoms with Crippen LogP contribution in [0.3, 0.4) is 0 Å². The Hall–Kier alpha value is -7.18. The van der Waals surface area contributed by atoms with Crippen molar-refractivity contribution in [3.05, 3.63) is 143 Å². The molecular formula is C36F25N3. The zero-order chi connectivity index (χ0) is 48.9. The molecule has 0 bridgehead atoms. The van der Waals surface area contributed by atoms with Crippen molar-refractivity contribution < 1.29 is 110 Å². The van der Waals surface area contributed by atoms with Crippen molar-refractivity contribution in [2.45, 2.75) is 18.5 Å². The fourth-order valence-electron chi connectivity index (χ4n) is 6.02. The molecule has 0 N–H and O–H groups in total. The van der Waals surface area contributed by atoms with Crippen LogP contribution in [0.2, 0.25) is 0 Å². The van der Waals surface area contributed by atoms with Gasteiger partial charge in [0.25, 0.3) is 0 Å². The van der Waals surface area contributed by atoms with E-state index in [1.165, 1.54) is 0 Å². The van der Waals surface area contributed by atoms with Crippen molar-refractivity contribution in [1.82, 2.24) is 0 Å². The van der Waals surface area contributed by atoms with Gasteiger partial charge >= 0.3 is 18.5 Å². The van der Waals surface area contributed by atoms with Gasteiger partial charge < -0.3 is 0 Å². The SMILES string of the molecule is N#CC(=C1C(=C(\C#N)c2c(F)c(F)c(-c3c(F)c(F)c(C(F)(F)F)c(F)c3F)c(F)c2F)/C1=C(\C#N)c1c(F)c(F)c(C(F)(F)F)c(F)c1F)c1c(F)c(F)c(C(F)(F)F)c(F)c1F. The molecule has 1 aliphatic rings. The normalized spacial score (nSPS) is 15.5. The molecule has 0 saturated heterocycles. The van der Waals surface area contributed by atoms with Gasteiger partial charge in [-0.05, 0) is 0 Å². The summed E-state index contributed by atoms with van der Waals surface area (Å²) in [6.07, 6.45) is -19.0. The van der Waals surface area contributed by atoms with E-state index in [1.807, 2.05) is 0 Å². The molecule has 5 rings (SSSR count). The molecule has 4 aromatic rings. The first-order chi connectivity index (χ1) is 29.3. The molecule has 1 aliphatic carbocycles. The topological polar surface area (TPSA) is 71.4 Å². The van der Waals surface area contributed by atoms with Crippen molar-refractivity contribution >= 4 is 16.7 Å². The van der Waals surface area contributed by atoms with Gasteiger partial charge in [0, 0.05) is 16.7 Å². The number of hydrogen-bond donors (Lipinski definition) is 0. The summed E-state index contributed by atoms with van der Waals surface area (Å²) in [5, 5.41) is 29.5. The Balaban J connectivity index is 2.06. The Morgan fingerprint density at radius 1 is 0.266 bits per heavy atom. The van der Waals surface area contributed by atoms with Crippen LogP contribution >= 0.6 is 0 Å². The summed E-state index contributed by atoms with van der Waals surface area (Å²) in [6.45, 7) is 0. The molecule has 0 atom stereocenters. The molecule has 64 heavy (non-hydrogen) atoms. The smallest absolute Gasteiger partial charge is 0.203 e. The molecule has 28 heteroatoms. The van der Waals surface area contributed by atoms with Crippen LogP contribution in [0.15, 0.2) is 16.7 Å². The molecule has 334 valence electrons. The number of alkyl halides is 9. The highest BCUT2D eigenvalue weighted by atomic mass is 19.4. The second-order valence-electron chi connectivity index (χ2n) is 12.1. The summed E-state index contributed by atoms with van der Waals surface area (Å²) >= 11 is 0. The number of benzene rings is 4. The van der Waals surface area contributed by atoms with Crippen LogP contribution in [0.1, 0.15) is 33.4 Å². The van der Waals surface area contributed by atoms with Crippen LogP contribution in [0.25, 0.3) is 27.8 Å². The third-order valence-electron chi connectivity index (χ3n) is 8.68. The number of nitrogens with zero attached hydrogens (tertiary/aromatic N) is 3. The molecule has 0 aromatic heterocycles. The zero-order valence-electron chi connectivity index (χ0n) is 28.8. The minimum atomic E-state index is -6.35. The van der Waals surface area contributed by atoms with Gasteiger partial charge in [0.1, 0.15) is 34.9 Å². The van der Waals surface area contributed by atoms with E-state index in [9.17, 15) is 90.4 Å². The predicted octanol–water partition coefficient (Wildman–Crippen LogP) is 12.9. The van der Waals surface area contributed by atoms with Crippen LogP contribution in [-0.2, 0) is 18.5 Å². The number of allylic oxidation sites excluding steroid dienone is 6. The minimum absolute atomic E-state index is 0.541. The average molecular weight is 949 g/mol. The van der Waals surface area contributed by atoms with Crippen molar-refractivity contribution in [2.75, 3.05) is 0 Å². The van der Waals surface area contributed by atoms with Gasteiger partial charge in [-0.3, -0.25) is 0 Å². The fourth-order valence-corrected chi connectivity index (χ4v) is 6.02. The first-order valence-corrected chi connectivity index (χ1v) is 15.4. The molecule has 4 aromatic carbocycles. The summed E-state index contributed by atoms with van der Waals surface area (Å²) in [6, 6.07) is 1.62. The van der Waals surface area contributed by atoms with Gasteiger partial charge in [-0.1, -0.05) is 0 Å². The van der Waals surface area contributed by atoms with Gasteiger partial charge in [-0.25, -0.2) is 70.2 Å². The lowest BCUT2D eigenvalue weighted by Gasteiger charge is -2.16. The molecule has 0 aliphatic heterocycles. The molecule has 0 unspecified atom stereocenters. The Morgan fingerprint density at radius 3 is 0.594 bits per heavy atom. The third-order valence-corrected chi connectivity index (χ3v) is 8.68. The molecular weight excluding hydrogens is 949 g/mol. The maximum absolute atomic E-state index is 15.8. The van der Waals surface area contributed by atoms with E-state index in [2.05, 4.69) is 0 Å². The maximum atomic E-state index is 15.8. The molecule has 0 radical (unpaired) electrons. The summed E-state index contributed by atoms with van der Waals surface area (Å²) in [7, 11) is 0. The Morgan fingerprint density at radius 2 is 0.422 bits per heavy atom. The van der Waals surface area contributed by atoms with E-state index in [0.717, 1.165) is 0 Å². The Labute approximate surface area is 333 Å². The number of halogens is 25. The van der Waals surface area contributed by atoms with Crippen molar-refractivity contribution in [3.63, 3.8) is 0 Å². The lowest BCUT2D eigenvalue weighted by atomic mass is 9.94. The Kier molecular flexibility index (Phi) is 11.6. The first-order valence-electron chi connectivity index (χ1n) is 15.4. The Bertz CT molecular complexity index is 2800. The van der Waals surface area contributed by atoms with Crippen molar-refractivity contribution in [2.24, 2.45) is 0 Å². The van der Waals surface area contributed by atoms with E-state index in [4.69, 9.17) is 0 Å². The largest absolute Gasteiger partial charge is 0.422 e. The highest BCUT2D eigenvalue weighted by Crippen LogP contribution is 2.58. The number of hydrogen-bond acceptors (Lipinski definition) is 3. The fraction of sp³-hybridized carbons (Fsp3) is 0.0833. The average Bonchev–Trinajstić information content (AvgIpc) is 3.90. The summed E-state index contributed by atoms with van der Waals surface area (Å²) in [5.41, 5.74) is -37.9. The maximum Gasteiger partial charge on any atom is 0.422 e. The molecule has 0 amide bonds. The van der Waals surface area contributed by atoms with Gasteiger partial charge in [0.15, 0.2) is 93.1 Å². The van der Waals surface area contributed by atoms with Crippen LogP contribution in [0, 0.1) is 127 Å². The van der Waals surface area contributed by atoms with E-state index in [1.54, 1.807) is 0 Å². The summed E-state index contributed by atoms with van der Waals surface area (Å²) < 4.78 is 359. The van der Waals surface area contributed by atoms with E-state index < -0.39 is 190 Å². The molecule has 3 nitrogen and oxygen atoms in total. The van der Waals surface area contributed by atoms with Crippen molar-refractivity contribution in [3.8, 4) is 29.3 Å². The first kappa shape index (κ1) is 47.9. The van der Waals surface area contributed by atoms with Gasteiger partial charge in [-0.2, -0.15) is 55.3 Å². The van der Waals surface area contributed by atoms with Gasteiger partial charge in [0.2, 0.25) is 0 Å². The molecule has 1 fully saturated rings. The van der Waals surface area contributed by atoms with Crippen LogP contribution < -0.4 is 0 Å². The van der Waals surface area contributed by atoms with E-state index >= 15 is 35.1 Å². The van der Waals surface area contributed by atoms with Crippen molar-refractivity contribution in [1.29, 1.82) is 15.8 Å². The highest BCUT2D eigenvalue weighted by molar-refractivity contribution is 6.12. The third kappa shape index (κ3) is 6.98. The van der Waals surface area contributed by atoms with Gasteiger partial charge in [0.05, 0.1) is 44.5 Å². The second kappa shape index (κ2) is 15.6. The van der Waals surface area contributed by atoms with E-state index in [0.29, 0.717) is 18.2 Å². The lowest BCUT2D eigenvalue weighted by molar-refractivity contribution is -0.144. The van der Waals surface area contributed by atoms with Crippen LogP contribution in [0.5, 0.6) is 0 Å². The monoisotopic (exact) mass is 949 g/mol. The standard InChI is InChI=1S/C36F25N3/c37-18-10(19(38)25(44)13(24(18)43)14-26(45)32(51)17(36(59,60)61)33(52)27(14)46)4(1-62)7-8(5(2-63)11-20(39)28(47)15(34(53,54)55)29(48)21(11)40)9(7)6(3-64)12-22(41)30(49)16(35(56,57)58)31(50)23(12)42/b7-4-,8-5?,9-6-.